The van der Waals surface area contributed by atoms with Crippen molar-refractivity contribution in [3.05, 3.63) is 110 Å². The maximum atomic E-state index is 13.1. The minimum absolute atomic E-state index is 0.0341. The number of hydrogen-bond acceptors (Lipinski definition) is 8. The molecular formula is C25H18FN3O5S. The number of carbonyl (C=O) groups excluding carboxylic acids is 2. The fourth-order valence-electron chi connectivity index (χ4n) is 3.37. The Morgan fingerprint density at radius 1 is 1.09 bits per heavy atom. The molecule has 10 heteroatoms. The number of esters is 1. The zero-order valence-electron chi connectivity index (χ0n) is 18.4. The maximum absolute atomic E-state index is 13.1. The summed E-state index contributed by atoms with van der Waals surface area (Å²) in [5.41, 5.74) is 1.43. The van der Waals surface area contributed by atoms with Crippen molar-refractivity contribution < 1.29 is 23.6 Å². The zero-order chi connectivity index (χ0) is 24.9. The number of ketones is 1. The van der Waals surface area contributed by atoms with Gasteiger partial charge in [-0.1, -0.05) is 18.2 Å². The maximum Gasteiger partial charge on any atom is 0.339 e. The van der Waals surface area contributed by atoms with E-state index in [1.165, 1.54) is 53.8 Å². The molecule has 0 amide bonds. The number of thiazole rings is 1. The van der Waals surface area contributed by atoms with Gasteiger partial charge in [-0.15, -0.1) is 11.3 Å². The number of anilines is 1. The highest BCUT2D eigenvalue weighted by Gasteiger charge is 2.22. The Kier molecular flexibility index (Phi) is 6.93. The first-order valence-electron chi connectivity index (χ1n) is 10.3. The third-order valence-corrected chi connectivity index (χ3v) is 6.05. The van der Waals surface area contributed by atoms with Crippen LogP contribution in [0.1, 0.15) is 32.0 Å². The predicted octanol–water partition coefficient (Wildman–Crippen LogP) is 5.49. The second-order valence-electron chi connectivity index (χ2n) is 7.34. The van der Waals surface area contributed by atoms with Crippen molar-refractivity contribution in [3.8, 4) is 10.6 Å². The van der Waals surface area contributed by atoms with Crippen molar-refractivity contribution in [1.29, 1.82) is 0 Å². The van der Waals surface area contributed by atoms with Crippen molar-refractivity contribution in [3.63, 3.8) is 0 Å². The Morgan fingerprint density at radius 3 is 2.49 bits per heavy atom. The summed E-state index contributed by atoms with van der Waals surface area (Å²) in [6, 6.07) is 16.1. The highest BCUT2D eigenvalue weighted by Crippen LogP contribution is 2.27. The van der Waals surface area contributed by atoms with Crippen LogP contribution >= 0.6 is 11.3 Å². The molecule has 0 atom stereocenters. The number of nitro groups is 1. The number of nitrogens with one attached hydrogen (secondary N) is 1. The van der Waals surface area contributed by atoms with E-state index in [0.29, 0.717) is 10.7 Å². The van der Waals surface area contributed by atoms with E-state index < -0.39 is 16.7 Å². The molecular weight excluding hydrogens is 473 g/mol. The molecule has 3 aromatic carbocycles. The summed E-state index contributed by atoms with van der Waals surface area (Å²) in [5.74, 6) is -1.62. The van der Waals surface area contributed by atoms with Gasteiger partial charge < -0.3 is 10.1 Å². The van der Waals surface area contributed by atoms with Crippen molar-refractivity contribution in [2.24, 2.45) is 0 Å². The van der Waals surface area contributed by atoms with Crippen LogP contribution in [-0.4, -0.2) is 28.7 Å². The second kappa shape index (κ2) is 10.2. The van der Waals surface area contributed by atoms with Crippen LogP contribution in [0.25, 0.3) is 10.6 Å². The fourth-order valence-corrected chi connectivity index (χ4v) is 4.18. The third kappa shape index (κ3) is 5.22. The van der Waals surface area contributed by atoms with Crippen LogP contribution in [-0.2, 0) is 11.3 Å². The first-order valence-corrected chi connectivity index (χ1v) is 11.2. The van der Waals surface area contributed by atoms with Crippen molar-refractivity contribution >= 4 is 34.5 Å². The Bertz CT molecular complexity index is 1420. The van der Waals surface area contributed by atoms with Crippen LogP contribution in [0.3, 0.4) is 0 Å². The molecule has 1 aromatic heterocycles. The van der Waals surface area contributed by atoms with Crippen molar-refractivity contribution in [1.82, 2.24) is 4.98 Å². The topological polar surface area (TPSA) is 111 Å². The number of nitrogens with zero attached hydrogens (tertiary/aromatic N) is 2. The molecule has 0 aliphatic rings. The molecule has 0 fully saturated rings. The molecule has 0 saturated carbocycles. The van der Waals surface area contributed by atoms with Crippen LogP contribution in [0.2, 0.25) is 0 Å². The summed E-state index contributed by atoms with van der Waals surface area (Å²) in [4.78, 5) is 41.1. The quantitative estimate of drug-likeness (QED) is 0.150. The number of rotatable bonds is 8. The van der Waals surface area contributed by atoms with Crippen LogP contribution in [0, 0.1) is 15.9 Å². The molecule has 0 radical (unpaired) electrons. The molecule has 8 nitrogen and oxygen atoms in total. The summed E-state index contributed by atoms with van der Waals surface area (Å²) in [6.07, 6.45) is 0. The first kappa shape index (κ1) is 23.7. The lowest BCUT2D eigenvalue weighted by molar-refractivity contribution is -0.384. The molecule has 35 heavy (non-hydrogen) atoms. The van der Waals surface area contributed by atoms with Crippen LogP contribution < -0.4 is 5.32 Å². The summed E-state index contributed by atoms with van der Waals surface area (Å²) in [6.45, 7) is -0.124. The van der Waals surface area contributed by atoms with Gasteiger partial charge in [-0.25, -0.2) is 14.2 Å². The Morgan fingerprint density at radius 2 is 1.80 bits per heavy atom. The first-order chi connectivity index (χ1) is 16.9. The number of aromatic nitrogens is 1. The van der Waals surface area contributed by atoms with E-state index in [1.807, 2.05) is 0 Å². The molecule has 0 spiro atoms. The van der Waals surface area contributed by atoms with Crippen LogP contribution in [0.5, 0.6) is 0 Å². The number of carbonyl (C=O) groups is 2. The summed E-state index contributed by atoms with van der Waals surface area (Å²) >= 11 is 1.33. The van der Waals surface area contributed by atoms with Gasteiger partial charge in [-0.05, 0) is 42.5 Å². The molecule has 1 N–H and O–H groups in total. The number of benzene rings is 3. The minimum Gasteiger partial charge on any atom is -0.456 e. The molecule has 0 saturated heterocycles. The standard InChI is InChI=1S/C25H18FN3O5S/c1-27-21-11-8-16(12-22(21)29(32)33)23(30)19-4-2-3-5-20(19)25(31)34-13-18-14-35-24(28-18)15-6-9-17(26)10-7-15/h2-12,14,27H,13H2,1H3. The van der Waals surface area contributed by atoms with Gasteiger partial charge >= 0.3 is 5.97 Å². The Balaban J connectivity index is 1.52. The van der Waals surface area contributed by atoms with Gasteiger partial charge in [-0.3, -0.25) is 14.9 Å². The fraction of sp³-hybridized carbons (Fsp3) is 0.0800. The zero-order valence-corrected chi connectivity index (χ0v) is 19.2. The molecule has 4 rings (SSSR count). The normalized spacial score (nSPS) is 10.6. The summed E-state index contributed by atoms with van der Waals surface area (Å²) in [7, 11) is 1.54. The Labute approximate surface area is 203 Å². The van der Waals surface area contributed by atoms with Gasteiger partial charge in [0.15, 0.2) is 5.78 Å². The van der Waals surface area contributed by atoms with Gasteiger partial charge in [0.1, 0.15) is 23.1 Å². The third-order valence-electron chi connectivity index (χ3n) is 5.11. The lowest BCUT2D eigenvalue weighted by Gasteiger charge is -2.09. The van der Waals surface area contributed by atoms with Gasteiger partial charge in [0.25, 0.3) is 5.69 Å². The average molecular weight is 492 g/mol. The Hall–Kier alpha value is -4.44. The molecule has 1 heterocycles. The van der Waals surface area contributed by atoms with E-state index in [4.69, 9.17) is 4.74 Å². The van der Waals surface area contributed by atoms with Gasteiger partial charge in [-0.2, -0.15) is 0 Å². The van der Waals surface area contributed by atoms with Gasteiger partial charge in [0.05, 0.1) is 16.2 Å². The van der Waals surface area contributed by atoms with E-state index in [9.17, 15) is 24.1 Å². The molecule has 0 aliphatic carbocycles. The smallest absolute Gasteiger partial charge is 0.339 e. The monoisotopic (exact) mass is 491 g/mol. The van der Waals surface area contributed by atoms with Crippen molar-refractivity contribution in [2.45, 2.75) is 6.61 Å². The number of ether oxygens (including phenoxy) is 1. The summed E-state index contributed by atoms with van der Waals surface area (Å²) < 4.78 is 18.5. The SMILES string of the molecule is CNc1ccc(C(=O)c2ccccc2C(=O)OCc2csc(-c3ccc(F)cc3)n2)cc1[N+](=O)[O-]. The number of hydrogen-bond donors (Lipinski definition) is 1. The van der Waals surface area contributed by atoms with E-state index in [-0.39, 0.29) is 40.5 Å². The lowest BCUT2D eigenvalue weighted by atomic mass is 9.97. The average Bonchev–Trinajstić information content (AvgIpc) is 3.36. The number of nitro benzene ring substituents is 1. The van der Waals surface area contributed by atoms with E-state index in [1.54, 1.807) is 36.7 Å². The summed E-state index contributed by atoms with van der Waals surface area (Å²) in [5, 5.41) is 16.4. The van der Waals surface area contributed by atoms with Gasteiger partial charge in [0.2, 0.25) is 0 Å². The van der Waals surface area contributed by atoms with E-state index in [0.717, 1.165) is 5.56 Å². The van der Waals surface area contributed by atoms with E-state index in [2.05, 4.69) is 10.3 Å². The highest BCUT2D eigenvalue weighted by atomic mass is 32.1. The minimum atomic E-state index is -0.730. The molecule has 4 aromatic rings. The number of halogens is 1. The highest BCUT2D eigenvalue weighted by molar-refractivity contribution is 7.13. The van der Waals surface area contributed by atoms with Gasteiger partial charge in [0, 0.05) is 35.2 Å². The molecule has 0 bridgehead atoms. The molecule has 0 unspecified atom stereocenters. The van der Waals surface area contributed by atoms with E-state index >= 15 is 0 Å². The predicted molar refractivity (Wildman–Crippen MR) is 129 cm³/mol. The molecule has 0 aliphatic heterocycles. The van der Waals surface area contributed by atoms with Crippen molar-refractivity contribution in [2.75, 3.05) is 12.4 Å². The van der Waals surface area contributed by atoms with Crippen LogP contribution in [0.15, 0.2) is 72.1 Å². The van der Waals surface area contributed by atoms with Crippen LogP contribution in [0.4, 0.5) is 15.8 Å². The molecule has 176 valence electrons. The second-order valence-corrected chi connectivity index (χ2v) is 8.20. The lowest BCUT2D eigenvalue weighted by Crippen LogP contribution is -2.13. The largest absolute Gasteiger partial charge is 0.456 e.